The average molecular weight is 236 g/mol. The number of hydrogen-bond donors (Lipinski definition) is 1. The van der Waals surface area contributed by atoms with Gasteiger partial charge in [0, 0.05) is 18.7 Å². The molecule has 1 aliphatic carbocycles. The van der Waals surface area contributed by atoms with Crippen LogP contribution >= 0.6 is 0 Å². The molecule has 0 spiro atoms. The predicted molar refractivity (Wildman–Crippen MR) is 65.7 cm³/mol. The molecule has 1 saturated heterocycles. The van der Waals surface area contributed by atoms with E-state index in [0.29, 0.717) is 23.8 Å². The van der Waals surface area contributed by atoms with Crippen molar-refractivity contribution in [3.05, 3.63) is 0 Å². The average Bonchev–Trinajstić information content (AvgIpc) is 2.99. The minimum atomic E-state index is 0.0146. The summed E-state index contributed by atoms with van der Waals surface area (Å²) < 4.78 is 11.4. The van der Waals surface area contributed by atoms with E-state index in [1.807, 2.05) is 0 Å². The minimum absolute atomic E-state index is 0.0146. The third-order valence-electron chi connectivity index (χ3n) is 4.24. The van der Waals surface area contributed by atoms with Crippen LogP contribution in [0.25, 0.3) is 0 Å². The highest BCUT2D eigenvalue weighted by Crippen LogP contribution is 2.54. The molecule has 0 radical (unpaired) electrons. The molecule has 17 heavy (non-hydrogen) atoms. The molecule has 2 aliphatic heterocycles. The van der Waals surface area contributed by atoms with E-state index in [4.69, 9.17) is 14.9 Å². The van der Waals surface area contributed by atoms with E-state index in [1.54, 1.807) is 0 Å². The van der Waals surface area contributed by atoms with Crippen molar-refractivity contribution in [1.29, 1.82) is 5.41 Å². The zero-order chi connectivity index (χ0) is 11.8. The molecule has 0 aromatic carbocycles. The fraction of sp³-hybridized carbons (Fsp3) is 0.846. The van der Waals surface area contributed by atoms with E-state index in [0.717, 1.165) is 31.8 Å². The normalized spacial score (nSPS) is 44.1. The summed E-state index contributed by atoms with van der Waals surface area (Å²) in [5.74, 6) is 1.69. The van der Waals surface area contributed by atoms with Crippen molar-refractivity contribution in [1.82, 2.24) is 0 Å². The van der Waals surface area contributed by atoms with Crippen molar-refractivity contribution in [3.63, 3.8) is 0 Å². The third kappa shape index (κ3) is 2.04. The van der Waals surface area contributed by atoms with Gasteiger partial charge in [0.1, 0.15) is 0 Å². The lowest BCUT2D eigenvalue weighted by Crippen LogP contribution is -2.24. The maximum absolute atomic E-state index is 7.34. The zero-order valence-electron chi connectivity index (χ0n) is 10.3. The molecule has 2 heterocycles. The lowest BCUT2D eigenvalue weighted by Gasteiger charge is -2.23. The van der Waals surface area contributed by atoms with Crippen LogP contribution in [-0.2, 0) is 9.47 Å². The molecule has 5 atom stereocenters. The third-order valence-corrected chi connectivity index (χ3v) is 4.24. The molecule has 1 saturated carbocycles. The second-order valence-corrected chi connectivity index (χ2v) is 5.34. The maximum atomic E-state index is 7.34. The molecule has 4 nitrogen and oxygen atoms in total. The topological polar surface area (TPSA) is 54.7 Å². The number of hydrogen-bond acceptors (Lipinski definition) is 4. The number of fused-ring (bicyclic) bond motifs is 1. The fourth-order valence-electron chi connectivity index (χ4n) is 3.29. The highest BCUT2D eigenvalue weighted by molar-refractivity contribution is 6.32. The molecular weight excluding hydrogens is 216 g/mol. The van der Waals surface area contributed by atoms with Crippen LogP contribution in [0.1, 0.15) is 26.2 Å². The van der Waals surface area contributed by atoms with Crippen molar-refractivity contribution in [2.24, 2.45) is 22.7 Å². The van der Waals surface area contributed by atoms with Gasteiger partial charge in [0.05, 0.1) is 18.4 Å². The first kappa shape index (κ1) is 11.4. The summed E-state index contributed by atoms with van der Waals surface area (Å²) in [4.78, 5) is 4.47. The van der Waals surface area contributed by atoms with Crippen LogP contribution in [0.15, 0.2) is 4.99 Å². The van der Waals surface area contributed by atoms with Crippen molar-refractivity contribution in [3.8, 4) is 0 Å². The van der Waals surface area contributed by atoms with Gasteiger partial charge in [-0.25, -0.2) is 0 Å². The van der Waals surface area contributed by atoms with Crippen LogP contribution in [0.5, 0.6) is 0 Å². The van der Waals surface area contributed by atoms with Gasteiger partial charge in [-0.1, -0.05) is 0 Å². The van der Waals surface area contributed by atoms with Gasteiger partial charge in [-0.2, -0.15) is 0 Å². The molecule has 5 unspecified atom stereocenters. The second-order valence-electron chi connectivity index (χ2n) is 5.34. The Morgan fingerprint density at radius 1 is 1.53 bits per heavy atom. The number of nitrogens with one attached hydrogen (secondary N) is 1. The summed E-state index contributed by atoms with van der Waals surface area (Å²) in [5, 5.41) is 7.34. The van der Waals surface area contributed by atoms with Gasteiger partial charge in [0.2, 0.25) is 0 Å². The lowest BCUT2D eigenvalue weighted by atomic mass is 10.2. The largest absolute Gasteiger partial charge is 0.353 e. The Morgan fingerprint density at radius 2 is 2.41 bits per heavy atom. The molecule has 3 rings (SSSR count). The second kappa shape index (κ2) is 4.50. The van der Waals surface area contributed by atoms with Crippen molar-refractivity contribution in [2.45, 2.75) is 38.5 Å². The van der Waals surface area contributed by atoms with E-state index in [2.05, 4.69) is 11.9 Å². The van der Waals surface area contributed by atoms with E-state index >= 15 is 0 Å². The molecule has 3 aliphatic rings. The first-order chi connectivity index (χ1) is 8.31. The van der Waals surface area contributed by atoms with Crippen molar-refractivity contribution in [2.75, 3.05) is 13.2 Å². The summed E-state index contributed by atoms with van der Waals surface area (Å²) >= 11 is 0. The van der Waals surface area contributed by atoms with Gasteiger partial charge >= 0.3 is 0 Å². The highest BCUT2D eigenvalue weighted by Gasteiger charge is 2.58. The first-order valence-corrected chi connectivity index (χ1v) is 6.62. The van der Waals surface area contributed by atoms with E-state index in [9.17, 15) is 0 Å². The Bertz CT molecular complexity index is 336. The lowest BCUT2D eigenvalue weighted by molar-refractivity contribution is -0.165. The Hall–Kier alpha value is -0.740. The molecule has 0 aromatic rings. The Morgan fingerprint density at radius 3 is 3.12 bits per heavy atom. The van der Waals surface area contributed by atoms with Crippen LogP contribution < -0.4 is 0 Å². The van der Waals surface area contributed by atoms with Crippen molar-refractivity contribution < 1.29 is 9.47 Å². The maximum Gasteiger partial charge on any atom is 0.157 e. The molecule has 94 valence electrons. The first-order valence-electron chi connectivity index (χ1n) is 6.62. The molecule has 0 aromatic heterocycles. The molecule has 1 N–H and O–H groups in total. The van der Waals surface area contributed by atoms with Crippen LogP contribution in [-0.4, -0.2) is 37.5 Å². The van der Waals surface area contributed by atoms with E-state index < -0.39 is 0 Å². The standard InChI is InChI=1S/C13H20N2O2/c1-8-12-9(13(12)10(6-14)15-8)7-17-11-4-2-3-5-16-11/h6,8-9,11-14H,2-5,7H2,1H3. The molecule has 4 heteroatoms. The summed E-state index contributed by atoms with van der Waals surface area (Å²) in [6.45, 7) is 3.76. The van der Waals surface area contributed by atoms with Crippen LogP contribution in [0.4, 0.5) is 0 Å². The van der Waals surface area contributed by atoms with Gasteiger partial charge in [0.15, 0.2) is 6.29 Å². The molecular formula is C13H20N2O2. The summed E-state index contributed by atoms with van der Waals surface area (Å²) in [6, 6.07) is 0.373. The van der Waals surface area contributed by atoms with Gasteiger partial charge in [-0.15, -0.1) is 0 Å². The quantitative estimate of drug-likeness (QED) is 0.758. The Balaban J connectivity index is 1.49. The summed E-state index contributed by atoms with van der Waals surface area (Å²) in [5.41, 5.74) is 0.973. The van der Waals surface area contributed by atoms with Crippen molar-refractivity contribution >= 4 is 11.9 Å². The number of aliphatic imine (C=N–C) groups is 1. The van der Waals surface area contributed by atoms with Gasteiger partial charge < -0.3 is 14.9 Å². The highest BCUT2D eigenvalue weighted by atomic mass is 16.7. The number of nitrogens with zero attached hydrogens (tertiary/aromatic N) is 1. The van der Waals surface area contributed by atoms with E-state index in [1.165, 1.54) is 12.6 Å². The number of ether oxygens (including phenoxy) is 2. The Labute approximate surface area is 102 Å². The molecule has 2 fully saturated rings. The van der Waals surface area contributed by atoms with E-state index in [-0.39, 0.29) is 6.29 Å². The zero-order valence-corrected chi connectivity index (χ0v) is 10.3. The monoisotopic (exact) mass is 236 g/mol. The van der Waals surface area contributed by atoms with Gasteiger partial charge in [-0.3, -0.25) is 4.99 Å². The van der Waals surface area contributed by atoms with Crippen LogP contribution in [0.2, 0.25) is 0 Å². The SMILES string of the molecule is CC1N=C(C=N)C2C(COC3CCCCO3)C12. The van der Waals surface area contributed by atoms with Crippen LogP contribution in [0.3, 0.4) is 0 Å². The smallest absolute Gasteiger partial charge is 0.157 e. The number of rotatable bonds is 4. The molecule has 0 bridgehead atoms. The summed E-state index contributed by atoms with van der Waals surface area (Å²) in [7, 11) is 0. The minimum Gasteiger partial charge on any atom is -0.353 e. The van der Waals surface area contributed by atoms with Gasteiger partial charge in [-0.05, 0) is 38.0 Å². The predicted octanol–water partition coefficient (Wildman–Crippen LogP) is 1.88. The van der Waals surface area contributed by atoms with Crippen LogP contribution in [0, 0.1) is 23.2 Å². The fourth-order valence-corrected chi connectivity index (χ4v) is 3.29. The molecule has 0 amide bonds. The van der Waals surface area contributed by atoms with Gasteiger partial charge in [0.25, 0.3) is 0 Å². The summed E-state index contributed by atoms with van der Waals surface area (Å²) in [6.07, 6.45) is 4.84. The Kier molecular flexibility index (Phi) is 3.01.